The largest absolute Gasteiger partial charge is 0.326 e. The number of sulfonamides is 1. The van der Waals surface area contributed by atoms with Gasteiger partial charge in [-0.25, -0.2) is 8.42 Å². The second-order valence-electron chi connectivity index (χ2n) is 6.04. The van der Waals surface area contributed by atoms with Gasteiger partial charge in [0, 0.05) is 38.3 Å². The standard InChI is InChI=1S/C16H25N3O3S/c1-12-10-13(2)16(14(3)11-12)18-15(20)4-9-23(21,22)19-7-5-17-6-8-19/h10-11,17H,4-9H2,1-3H3,(H,18,20). The van der Waals surface area contributed by atoms with Crippen LogP contribution in [0.15, 0.2) is 12.1 Å². The molecule has 128 valence electrons. The molecular weight excluding hydrogens is 314 g/mol. The van der Waals surface area contributed by atoms with Gasteiger partial charge in [-0.2, -0.15) is 4.31 Å². The Kier molecular flexibility index (Phi) is 5.78. The van der Waals surface area contributed by atoms with Crippen molar-refractivity contribution in [3.05, 3.63) is 28.8 Å². The van der Waals surface area contributed by atoms with Gasteiger partial charge in [0.2, 0.25) is 15.9 Å². The molecule has 0 bridgehead atoms. The molecule has 7 heteroatoms. The maximum atomic E-state index is 12.2. The number of amides is 1. The zero-order valence-corrected chi connectivity index (χ0v) is 14.8. The third-order valence-corrected chi connectivity index (χ3v) is 5.87. The van der Waals surface area contributed by atoms with Crippen molar-refractivity contribution in [3.8, 4) is 0 Å². The summed E-state index contributed by atoms with van der Waals surface area (Å²) in [7, 11) is -3.37. The van der Waals surface area contributed by atoms with Crippen LogP contribution in [0.4, 0.5) is 5.69 Å². The van der Waals surface area contributed by atoms with E-state index in [9.17, 15) is 13.2 Å². The second kappa shape index (κ2) is 7.42. The van der Waals surface area contributed by atoms with Crippen molar-refractivity contribution < 1.29 is 13.2 Å². The lowest BCUT2D eigenvalue weighted by Gasteiger charge is -2.26. The smallest absolute Gasteiger partial charge is 0.225 e. The van der Waals surface area contributed by atoms with E-state index in [2.05, 4.69) is 10.6 Å². The third-order valence-electron chi connectivity index (χ3n) is 4.00. The second-order valence-corrected chi connectivity index (χ2v) is 8.13. The fourth-order valence-corrected chi connectivity index (χ4v) is 4.29. The molecule has 2 N–H and O–H groups in total. The highest BCUT2D eigenvalue weighted by Gasteiger charge is 2.24. The summed E-state index contributed by atoms with van der Waals surface area (Å²) in [6.45, 7) is 8.15. The van der Waals surface area contributed by atoms with E-state index in [0.29, 0.717) is 26.2 Å². The number of hydrogen-bond acceptors (Lipinski definition) is 4. The van der Waals surface area contributed by atoms with E-state index in [0.717, 1.165) is 22.4 Å². The first-order valence-electron chi connectivity index (χ1n) is 7.86. The summed E-state index contributed by atoms with van der Waals surface area (Å²) in [6.07, 6.45) is -0.0288. The number of nitrogens with one attached hydrogen (secondary N) is 2. The predicted octanol–water partition coefficient (Wildman–Crippen LogP) is 1.18. The molecule has 0 radical (unpaired) electrons. The van der Waals surface area contributed by atoms with Crippen LogP contribution in [0.2, 0.25) is 0 Å². The number of nitrogens with zero attached hydrogens (tertiary/aromatic N) is 1. The number of benzene rings is 1. The molecule has 0 aliphatic carbocycles. The Morgan fingerprint density at radius 1 is 1.17 bits per heavy atom. The van der Waals surface area contributed by atoms with Gasteiger partial charge in [-0.15, -0.1) is 0 Å². The molecule has 1 amide bonds. The molecule has 1 aromatic carbocycles. The van der Waals surface area contributed by atoms with Crippen LogP contribution in [0.3, 0.4) is 0 Å². The van der Waals surface area contributed by atoms with Crippen LogP contribution in [0, 0.1) is 20.8 Å². The minimum Gasteiger partial charge on any atom is -0.326 e. The number of carbonyl (C=O) groups is 1. The summed E-state index contributed by atoms with van der Waals surface area (Å²) in [6, 6.07) is 4.00. The van der Waals surface area contributed by atoms with Gasteiger partial charge < -0.3 is 10.6 Å². The fraction of sp³-hybridized carbons (Fsp3) is 0.562. The van der Waals surface area contributed by atoms with Crippen molar-refractivity contribution in [2.75, 3.05) is 37.2 Å². The Labute approximate surface area is 138 Å². The summed E-state index contributed by atoms with van der Waals surface area (Å²) in [5, 5.41) is 5.96. The van der Waals surface area contributed by atoms with E-state index in [-0.39, 0.29) is 18.1 Å². The maximum absolute atomic E-state index is 12.2. The molecule has 0 spiro atoms. The highest BCUT2D eigenvalue weighted by Crippen LogP contribution is 2.22. The first-order valence-corrected chi connectivity index (χ1v) is 9.47. The minimum atomic E-state index is -3.37. The van der Waals surface area contributed by atoms with Crippen LogP contribution in [0.5, 0.6) is 0 Å². The maximum Gasteiger partial charge on any atom is 0.225 e. The molecule has 2 rings (SSSR count). The molecule has 0 saturated carbocycles. The van der Waals surface area contributed by atoms with Crippen LogP contribution in [0.1, 0.15) is 23.1 Å². The average Bonchev–Trinajstić information content (AvgIpc) is 2.50. The SMILES string of the molecule is Cc1cc(C)c(NC(=O)CCS(=O)(=O)N2CCNCC2)c(C)c1. The quantitative estimate of drug-likeness (QED) is 0.844. The highest BCUT2D eigenvalue weighted by molar-refractivity contribution is 7.89. The van der Waals surface area contributed by atoms with Crippen molar-refractivity contribution in [1.82, 2.24) is 9.62 Å². The summed E-state index contributed by atoms with van der Waals surface area (Å²) >= 11 is 0. The van der Waals surface area contributed by atoms with Crippen molar-refractivity contribution in [1.29, 1.82) is 0 Å². The van der Waals surface area contributed by atoms with Gasteiger partial charge in [0.05, 0.1) is 5.75 Å². The normalized spacial score (nSPS) is 16.3. The Morgan fingerprint density at radius 3 is 2.30 bits per heavy atom. The van der Waals surface area contributed by atoms with E-state index >= 15 is 0 Å². The van der Waals surface area contributed by atoms with E-state index in [1.807, 2.05) is 32.9 Å². The zero-order chi connectivity index (χ0) is 17.0. The predicted molar refractivity (Wildman–Crippen MR) is 92.1 cm³/mol. The van der Waals surface area contributed by atoms with Gasteiger partial charge in [0.25, 0.3) is 0 Å². The lowest BCUT2D eigenvalue weighted by Crippen LogP contribution is -2.47. The lowest BCUT2D eigenvalue weighted by atomic mass is 10.1. The minimum absolute atomic E-state index is 0.0288. The van der Waals surface area contributed by atoms with Crippen LogP contribution in [0.25, 0.3) is 0 Å². The Hall–Kier alpha value is -1.44. The molecule has 6 nitrogen and oxygen atoms in total. The molecular formula is C16H25N3O3S. The van der Waals surface area contributed by atoms with Gasteiger partial charge in [-0.1, -0.05) is 17.7 Å². The molecule has 23 heavy (non-hydrogen) atoms. The molecule has 1 heterocycles. The topological polar surface area (TPSA) is 78.5 Å². The third kappa shape index (κ3) is 4.76. The number of piperazine rings is 1. The zero-order valence-electron chi connectivity index (χ0n) is 14.0. The molecule has 0 atom stereocenters. The molecule has 1 aliphatic rings. The number of anilines is 1. The molecule has 0 unspecified atom stereocenters. The van der Waals surface area contributed by atoms with Crippen LogP contribution >= 0.6 is 0 Å². The molecule has 1 aliphatic heterocycles. The van der Waals surface area contributed by atoms with Crippen LogP contribution in [-0.4, -0.2) is 50.6 Å². The van der Waals surface area contributed by atoms with Gasteiger partial charge in [-0.05, 0) is 31.9 Å². The summed E-state index contributed by atoms with van der Waals surface area (Å²) in [5.41, 5.74) is 3.89. The molecule has 1 saturated heterocycles. The van der Waals surface area contributed by atoms with Gasteiger partial charge in [0.1, 0.15) is 0 Å². The number of hydrogen-bond donors (Lipinski definition) is 2. The number of carbonyl (C=O) groups excluding carboxylic acids is 1. The first kappa shape index (κ1) is 17.9. The van der Waals surface area contributed by atoms with Crippen molar-refractivity contribution in [3.63, 3.8) is 0 Å². The number of rotatable bonds is 5. The molecule has 0 aromatic heterocycles. The Bertz CT molecular complexity index is 657. The van der Waals surface area contributed by atoms with E-state index < -0.39 is 10.0 Å². The van der Waals surface area contributed by atoms with Gasteiger partial charge >= 0.3 is 0 Å². The molecule has 1 aromatic rings. The van der Waals surface area contributed by atoms with Gasteiger partial charge in [-0.3, -0.25) is 4.79 Å². The van der Waals surface area contributed by atoms with E-state index in [1.165, 1.54) is 4.31 Å². The van der Waals surface area contributed by atoms with Crippen molar-refractivity contribution >= 4 is 21.6 Å². The number of aryl methyl sites for hydroxylation is 3. The first-order chi connectivity index (χ1) is 10.8. The Morgan fingerprint density at radius 2 is 1.74 bits per heavy atom. The summed E-state index contributed by atoms with van der Waals surface area (Å²) < 4.78 is 25.9. The van der Waals surface area contributed by atoms with Crippen molar-refractivity contribution in [2.45, 2.75) is 27.2 Å². The fourth-order valence-electron chi connectivity index (χ4n) is 2.85. The van der Waals surface area contributed by atoms with Gasteiger partial charge in [0.15, 0.2) is 0 Å². The monoisotopic (exact) mass is 339 g/mol. The summed E-state index contributed by atoms with van der Waals surface area (Å²) in [5.74, 6) is -0.415. The van der Waals surface area contributed by atoms with Crippen LogP contribution in [-0.2, 0) is 14.8 Å². The summed E-state index contributed by atoms with van der Waals surface area (Å²) in [4.78, 5) is 12.1. The van der Waals surface area contributed by atoms with Crippen molar-refractivity contribution in [2.24, 2.45) is 0 Å². The Balaban J connectivity index is 1.95. The van der Waals surface area contributed by atoms with E-state index in [1.54, 1.807) is 0 Å². The van der Waals surface area contributed by atoms with Crippen LogP contribution < -0.4 is 10.6 Å². The van der Waals surface area contributed by atoms with E-state index in [4.69, 9.17) is 0 Å². The highest BCUT2D eigenvalue weighted by atomic mass is 32.2. The average molecular weight is 339 g/mol. The lowest BCUT2D eigenvalue weighted by molar-refractivity contribution is -0.115. The molecule has 1 fully saturated rings.